The molecule has 1 saturated heterocycles. The Hall–Kier alpha value is -1.47. The molecule has 1 aliphatic heterocycles. The Balaban J connectivity index is 1.75. The minimum atomic E-state index is -0.0963. The number of hydrogen-bond acceptors (Lipinski definition) is 5. The molecule has 7 nitrogen and oxygen atoms in total. The summed E-state index contributed by atoms with van der Waals surface area (Å²) >= 11 is 0. The topological polar surface area (TPSA) is 81.1 Å². The highest BCUT2D eigenvalue weighted by Crippen LogP contribution is 2.13. The van der Waals surface area contributed by atoms with Gasteiger partial charge in [-0.05, 0) is 13.0 Å². The van der Waals surface area contributed by atoms with Crippen LogP contribution in [0, 0.1) is 5.92 Å². The van der Waals surface area contributed by atoms with E-state index in [2.05, 4.69) is 27.8 Å². The summed E-state index contributed by atoms with van der Waals surface area (Å²) in [4.78, 5) is 12.2. The van der Waals surface area contributed by atoms with Gasteiger partial charge in [0.05, 0.1) is 19.1 Å². The number of aromatic nitrogens is 3. The molecule has 112 valence electrons. The van der Waals surface area contributed by atoms with Gasteiger partial charge in [0, 0.05) is 26.1 Å². The minimum Gasteiger partial charge on any atom is -0.379 e. The zero-order valence-corrected chi connectivity index (χ0v) is 12.1. The van der Waals surface area contributed by atoms with Gasteiger partial charge in [-0.3, -0.25) is 4.79 Å². The average molecular weight is 281 g/mol. The number of amides is 1. The fourth-order valence-electron chi connectivity index (χ4n) is 2.31. The molecule has 1 amide bonds. The fourth-order valence-corrected chi connectivity index (χ4v) is 2.31. The predicted molar refractivity (Wildman–Crippen MR) is 74.1 cm³/mol. The summed E-state index contributed by atoms with van der Waals surface area (Å²) in [5, 5.41) is 14.1. The quantitative estimate of drug-likeness (QED) is 0.703. The van der Waals surface area contributed by atoms with E-state index in [1.165, 1.54) is 0 Å². The van der Waals surface area contributed by atoms with Gasteiger partial charge >= 0.3 is 0 Å². The van der Waals surface area contributed by atoms with Crippen molar-refractivity contribution in [3.05, 3.63) is 12.2 Å². The smallest absolute Gasteiger partial charge is 0.227 e. The van der Waals surface area contributed by atoms with Gasteiger partial charge < -0.3 is 19.9 Å². The summed E-state index contributed by atoms with van der Waals surface area (Å²) in [5.74, 6) is 0.827. The number of carbonyl (C=O) groups excluding carboxylic acids is 1. The summed E-state index contributed by atoms with van der Waals surface area (Å²) in [7, 11) is 1.90. The summed E-state index contributed by atoms with van der Waals surface area (Å²) < 4.78 is 7.27. The predicted octanol–water partition coefficient (Wildman–Crippen LogP) is -0.512. The van der Waals surface area contributed by atoms with Crippen molar-refractivity contribution >= 4 is 5.91 Å². The molecule has 1 aliphatic rings. The van der Waals surface area contributed by atoms with E-state index in [4.69, 9.17) is 4.74 Å². The van der Waals surface area contributed by atoms with Crippen molar-refractivity contribution in [1.29, 1.82) is 0 Å². The van der Waals surface area contributed by atoms with Crippen molar-refractivity contribution in [3.8, 4) is 0 Å². The number of nitrogens with zero attached hydrogens (tertiary/aromatic N) is 3. The van der Waals surface area contributed by atoms with Crippen LogP contribution in [0.4, 0.5) is 0 Å². The molecule has 2 heterocycles. The van der Waals surface area contributed by atoms with E-state index in [-0.39, 0.29) is 17.9 Å². The zero-order chi connectivity index (χ0) is 14.4. The first-order valence-corrected chi connectivity index (χ1v) is 7.14. The maximum Gasteiger partial charge on any atom is 0.227 e. The first-order valence-electron chi connectivity index (χ1n) is 7.14. The van der Waals surface area contributed by atoms with Gasteiger partial charge in [-0.25, -0.2) is 0 Å². The Morgan fingerprint density at radius 3 is 3.05 bits per heavy atom. The standard InChI is InChI=1S/C13H23N5O2/c1-3-5-14-11-8-20-7-10(11)13(19)15-6-4-12-17-16-9-18(12)2/h9-11,14H,3-8H2,1-2H3,(H,15,19). The van der Waals surface area contributed by atoms with Gasteiger partial charge in [0.2, 0.25) is 5.91 Å². The molecule has 0 radical (unpaired) electrons. The second kappa shape index (κ2) is 7.35. The maximum atomic E-state index is 12.2. The zero-order valence-electron chi connectivity index (χ0n) is 12.1. The molecule has 2 unspecified atom stereocenters. The molecule has 1 fully saturated rings. The molecule has 1 aromatic rings. The van der Waals surface area contributed by atoms with Crippen LogP contribution in [0.25, 0.3) is 0 Å². The van der Waals surface area contributed by atoms with E-state index in [1.54, 1.807) is 6.33 Å². The fraction of sp³-hybridized carbons (Fsp3) is 0.769. The van der Waals surface area contributed by atoms with Gasteiger partial charge in [0.1, 0.15) is 12.2 Å². The molecular weight excluding hydrogens is 258 g/mol. The summed E-state index contributed by atoms with van der Waals surface area (Å²) in [5.41, 5.74) is 0. The Morgan fingerprint density at radius 1 is 1.50 bits per heavy atom. The van der Waals surface area contributed by atoms with E-state index < -0.39 is 0 Å². The van der Waals surface area contributed by atoms with Gasteiger partial charge in [-0.2, -0.15) is 0 Å². The molecule has 2 rings (SSSR count). The largest absolute Gasteiger partial charge is 0.379 e. The van der Waals surface area contributed by atoms with Crippen LogP contribution in [-0.2, 0) is 23.0 Å². The number of nitrogens with one attached hydrogen (secondary N) is 2. The van der Waals surface area contributed by atoms with Crippen molar-refractivity contribution < 1.29 is 9.53 Å². The van der Waals surface area contributed by atoms with Gasteiger partial charge in [0.25, 0.3) is 0 Å². The molecular formula is C13H23N5O2. The molecule has 2 N–H and O–H groups in total. The van der Waals surface area contributed by atoms with Gasteiger partial charge in [-0.15, -0.1) is 10.2 Å². The molecule has 1 aromatic heterocycles. The van der Waals surface area contributed by atoms with Crippen molar-refractivity contribution in [2.24, 2.45) is 13.0 Å². The lowest BCUT2D eigenvalue weighted by molar-refractivity contribution is -0.125. The van der Waals surface area contributed by atoms with Crippen molar-refractivity contribution in [1.82, 2.24) is 25.4 Å². The van der Waals surface area contributed by atoms with Crippen LogP contribution in [0.5, 0.6) is 0 Å². The summed E-state index contributed by atoms with van der Waals surface area (Å²) in [6, 6.07) is 0.129. The van der Waals surface area contributed by atoms with Crippen molar-refractivity contribution in [2.75, 3.05) is 26.3 Å². The molecule has 2 atom stereocenters. The maximum absolute atomic E-state index is 12.2. The molecule has 0 saturated carbocycles. The van der Waals surface area contributed by atoms with E-state index in [1.807, 2.05) is 11.6 Å². The highest BCUT2D eigenvalue weighted by atomic mass is 16.5. The summed E-state index contributed by atoms with van der Waals surface area (Å²) in [6.45, 7) is 4.70. The Morgan fingerprint density at radius 2 is 2.35 bits per heavy atom. The Labute approximate surface area is 119 Å². The van der Waals surface area contributed by atoms with Crippen LogP contribution in [0.1, 0.15) is 19.2 Å². The highest BCUT2D eigenvalue weighted by molar-refractivity contribution is 5.79. The van der Waals surface area contributed by atoms with Gasteiger partial charge in [0.15, 0.2) is 0 Å². The molecule has 0 bridgehead atoms. The lowest BCUT2D eigenvalue weighted by Gasteiger charge is -2.18. The molecule has 0 aliphatic carbocycles. The van der Waals surface area contributed by atoms with E-state index >= 15 is 0 Å². The molecule has 20 heavy (non-hydrogen) atoms. The minimum absolute atomic E-state index is 0.0540. The monoisotopic (exact) mass is 281 g/mol. The number of carbonyl (C=O) groups is 1. The lowest BCUT2D eigenvalue weighted by atomic mass is 10.0. The Kier molecular flexibility index (Phi) is 5.49. The summed E-state index contributed by atoms with van der Waals surface area (Å²) in [6.07, 6.45) is 3.40. The second-order valence-electron chi connectivity index (χ2n) is 5.10. The average Bonchev–Trinajstić information content (AvgIpc) is 3.06. The lowest BCUT2D eigenvalue weighted by Crippen LogP contribution is -2.44. The van der Waals surface area contributed by atoms with Crippen LogP contribution in [0.15, 0.2) is 6.33 Å². The Bertz CT molecular complexity index is 434. The second-order valence-corrected chi connectivity index (χ2v) is 5.10. The number of ether oxygens (including phenoxy) is 1. The number of rotatable bonds is 7. The van der Waals surface area contributed by atoms with Gasteiger partial charge in [-0.1, -0.05) is 6.92 Å². The first kappa shape index (κ1) is 14.9. The number of hydrogen-bond donors (Lipinski definition) is 2. The van der Waals surface area contributed by atoms with Crippen LogP contribution >= 0.6 is 0 Å². The van der Waals surface area contributed by atoms with Crippen LogP contribution < -0.4 is 10.6 Å². The number of aryl methyl sites for hydroxylation is 1. The van der Waals surface area contributed by atoms with Crippen LogP contribution in [0.2, 0.25) is 0 Å². The van der Waals surface area contributed by atoms with Crippen molar-refractivity contribution in [2.45, 2.75) is 25.8 Å². The van der Waals surface area contributed by atoms with Crippen molar-refractivity contribution in [3.63, 3.8) is 0 Å². The van der Waals surface area contributed by atoms with Crippen LogP contribution in [-0.4, -0.2) is 53.0 Å². The third kappa shape index (κ3) is 3.77. The molecule has 0 aromatic carbocycles. The third-order valence-electron chi connectivity index (χ3n) is 3.53. The molecule has 0 spiro atoms. The first-order chi connectivity index (χ1) is 9.72. The SMILES string of the molecule is CCCNC1COCC1C(=O)NCCc1nncn1C. The third-order valence-corrected chi connectivity index (χ3v) is 3.53. The van der Waals surface area contributed by atoms with E-state index in [0.29, 0.717) is 26.2 Å². The van der Waals surface area contributed by atoms with E-state index in [0.717, 1.165) is 18.8 Å². The highest BCUT2D eigenvalue weighted by Gasteiger charge is 2.33. The van der Waals surface area contributed by atoms with E-state index in [9.17, 15) is 4.79 Å². The normalized spacial score (nSPS) is 22.1. The van der Waals surface area contributed by atoms with Crippen LogP contribution in [0.3, 0.4) is 0 Å². The molecule has 7 heteroatoms.